The molecule has 0 saturated heterocycles. The van der Waals surface area contributed by atoms with Gasteiger partial charge in [-0.2, -0.15) is 5.26 Å². The average Bonchev–Trinajstić information content (AvgIpc) is 2.21. The van der Waals surface area contributed by atoms with Gasteiger partial charge in [0, 0.05) is 0 Å². The van der Waals surface area contributed by atoms with Crippen LogP contribution in [0.4, 0.5) is 4.39 Å². The number of nitriles is 1. The molecule has 98 valence electrons. The Balaban J connectivity index is 3.18. The van der Waals surface area contributed by atoms with Crippen molar-refractivity contribution in [1.82, 2.24) is 0 Å². The van der Waals surface area contributed by atoms with Crippen LogP contribution in [0.3, 0.4) is 0 Å². The lowest BCUT2D eigenvalue weighted by molar-refractivity contribution is 0.454. The van der Waals surface area contributed by atoms with Gasteiger partial charge in [0.1, 0.15) is 0 Å². The number of hydrogen-bond acceptors (Lipinski definition) is 2. The molecule has 0 amide bonds. The minimum atomic E-state index is -2.09. The highest BCUT2D eigenvalue weighted by atomic mass is 79.9. The van der Waals surface area contributed by atoms with Crippen molar-refractivity contribution >= 4 is 24.2 Å². The molecule has 18 heavy (non-hydrogen) atoms. The Morgan fingerprint density at radius 1 is 1.33 bits per heavy atom. The van der Waals surface area contributed by atoms with Gasteiger partial charge in [-0.25, -0.2) is 4.39 Å². The van der Waals surface area contributed by atoms with Crippen LogP contribution in [0.1, 0.15) is 26.3 Å². The second-order valence-corrected chi connectivity index (χ2v) is 11.3. The quantitative estimate of drug-likeness (QED) is 0.727. The molecule has 0 aromatic heterocycles. The monoisotopic (exact) mass is 329 g/mol. The predicted octanol–water partition coefficient (Wildman–Crippen LogP) is 4.84. The number of rotatable bonds is 2. The molecule has 1 aromatic rings. The minimum Gasteiger partial charge on any atom is -0.541 e. The molecular formula is C13H17BrFNOSi. The molecule has 0 saturated carbocycles. The van der Waals surface area contributed by atoms with E-state index in [0.29, 0.717) is 4.47 Å². The van der Waals surface area contributed by atoms with Gasteiger partial charge in [0.25, 0.3) is 8.32 Å². The van der Waals surface area contributed by atoms with Crippen molar-refractivity contribution in [3.63, 3.8) is 0 Å². The Hall–Kier alpha value is -0.863. The molecule has 0 spiro atoms. The van der Waals surface area contributed by atoms with Crippen molar-refractivity contribution in [3.05, 3.63) is 28.0 Å². The molecule has 2 nitrogen and oxygen atoms in total. The van der Waals surface area contributed by atoms with E-state index in [-0.39, 0.29) is 16.4 Å². The highest BCUT2D eigenvalue weighted by molar-refractivity contribution is 9.10. The van der Waals surface area contributed by atoms with E-state index in [1.54, 1.807) is 6.07 Å². The Labute approximate surface area is 117 Å². The summed E-state index contributed by atoms with van der Waals surface area (Å²) in [4.78, 5) is 0. The highest BCUT2D eigenvalue weighted by Gasteiger charge is 2.40. The fourth-order valence-electron chi connectivity index (χ4n) is 1.13. The fraction of sp³-hybridized carbons (Fsp3) is 0.462. The standard InChI is InChI=1S/C13H17BrFNOSi/c1-13(2,3)18(4,5)17-12-10(14)6-9(8-16)7-11(12)15/h6-7H,1-5H3. The van der Waals surface area contributed by atoms with E-state index in [1.165, 1.54) is 6.07 Å². The van der Waals surface area contributed by atoms with Gasteiger partial charge in [-0.3, -0.25) is 0 Å². The van der Waals surface area contributed by atoms with Crippen molar-refractivity contribution in [1.29, 1.82) is 5.26 Å². The van der Waals surface area contributed by atoms with Crippen LogP contribution in [-0.4, -0.2) is 8.32 Å². The van der Waals surface area contributed by atoms with Gasteiger partial charge in [-0.1, -0.05) is 20.8 Å². The van der Waals surface area contributed by atoms with Crippen LogP contribution >= 0.6 is 15.9 Å². The molecule has 0 radical (unpaired) electrons. The highest BCUT2D eigenvalue weighted by Crippen LogP contribution is 2.40. The summed E-state index contributed by atoms with van der Waals surface area (Å²) in [7, 11) is -2.09. The van der Waals surface area contributed by atoms with E-state index in [1.807, 2.05) is 6.07 Å². The first-order valence-electron chi connectivity index (χ1n) is 5.66. The van der Waals surface area contributed by atoms with E-state index >= 15 is 0 Å². The van der Waals surface area contributed by atoms with Gasteiger partial charge >= 0.3 is 0 Å². The molecular weight excluding hydrogens is 313 g/mol. The zero-order valence-electron chi connectivity index (χ0n) is 11.3. The van der Waals surface area contributed by atoms with Gasteiger partial charge in [-0.05, 0) is 46.2 Å². The molecule has 5 heteroatoms. The largest absolute Gasteiger partial charge is 0.541 e. The average molecular weight is 330 g/mol. The van der Waals surface area contributed by atoms with E-state index in [9.17, 15) is 4.39 Å². The molecule has 0 heterocycles. The summed E-state index contributed by atoms with van der Waals surface area (Å²) in [6.07, 6.45) is 0. The van der Waals surface area contributed by atoms with E-state index in [2.05, 4.69) is 49.8 Å². The van der Waals surface area contributed by atoms with Crippen LogP contribution in [0.25, 0.3) is 0 Å². The third-order valence-electron chi connectivity index (χ3n) is 3.29. The topological polar surface area (TPSA) is 33.0 Å². The van der Waals surface area contributed by atoms with E-state index < -0.39 is 14.1 Å². The summed E-state index contributed by atoms with van der Waals surface area (Å²) in [6, 6.07) is 4.69. The lowest BCUT2D eigenvalue weighted by atomic mass is 10.2. The SMILES string of the molecule is CC(C)(C)[Si](C)(C)Oc1c(F)cc(C#N)cc1Br. The fourth-order valence-corrected chi connectivity index (χ4v) is 2.82. The molecule has 0 aliphatic carbocycles. The molecule has 0 unspecified atom stereocenters. The van der Waals surface area contributed by atoms with Gasteiger partial charge in [0.2, 0.25) is 0 Å². The number of nitrogens with zero attached hydrogens (tertiary/aromatic N) is 1. The Morgan fingerprint density at radius 2 is 1.89 bits per heavy atom. The van der Waals surface area contributed by atoms with Gasteiger partial charge in [-0.15, -0.1) is 0 Å². The molecule has 0 atom stereocenters. The Morgan fingerprint density at radius 3 is 2.28 bits per heavy atom. The number of hydrogen-bond donors (Lipinski definition) is 0. The van der Waals surface area contributed by atoms with Crippen LogP contribution in [-0.2, 0) is 0 Å². The van der Waals surface area contributed by atoms with E-state index in [4.69, 9.17) is 9.69 Å². The maximum atomic E-state index is 13.9. The van der Waals surface area contributed by atoms with Crippen LogP contribution in [0.15, 0.2) is 16.6 Å². The molecule has 0 aliphatic rings. The first-order chi connectivity index (χ1) is 8.08. The third-order valence-corrected chi connectivity index (χ3v) is 8.21. The van der Waals surface area contributed by atoms with Gasteiger partial charge in [0.05, 0.1) is 16.1 Å². The summed E-state index contributed by atoms with van der Waals surface area (Å²) in [5.41, 5.74) is 0.280. The Bertz CT molecular complexity index is 480. The van der Waals surface area contributed by atoms with Crippen LogP contribution in [0.5, 0.6) is 5.75 Å². The smallest absolute Gasteiger partial charge is 0.250 e. The maximum absolute atomic E-state index is 13.9. The van der Waals surface area contributed by atoms with Crippen LogP contribution < -0.4 is 4.43 Å². The lowest BCUT2D eigenvalue weighted by Crippen LogP contribution is -2.44. The molecule has 0 fully saturated rings. The zero-order chi connectivity index (χ0) is 14.1. The van der Waals surface area contributed by atoms with Crippen LogP contribution in [0, 0.1) is 17.1 Å². The summed E-state index contributed by atoms with van der Waals surface area (Å²) >= 11 is 3.26. The second kappa shape index (κ2) is 5.02. The zero-order valence-corrected chi connectivity index (χ0v) is 13.9. The van der Waals surface area contributed by atoms with Crippen molar-refractivity contribution < 1.29 is 8.82 Å². The third kappa shape index (κ3) is 3.12. The van der Waals surface area contributed by atoms with Crippen molar-refractivity contribution in [2.45, 2.75) is 38.9 Å². The summed E-state index contributed by atoms with van der Waals surface area (Å²) in [6.45, 7) is 10.4. The summed E-state index contributed by atoms with van der Waals surface area (Å²) < 4.78 is 20.4. The van der Waals surface area contributed by atoms with Crippen molar-refractivity contribution in [3.8, 4) is 11.8 Å². The summed E-state index contributed by atoms with van der Waals surface area (Å²) in [5.74, 6) is -0.286. The first-order valence-corrected chi connectivity index (χ1v) is 9.37. The van der Waals surface area contributed by atoms with Gasteiger partial charge in [0.15, 0.2) is 11.6 Å². The maximum Gasteiger partial charge on any atom is 0.250 e. The molecule has 0 bridgehead atoms. The van der Waals surface area contributed by atoms with E-state index in [0.717, 1.165) is 0 Å². The predicted molar refractivity (Wildman–Crippen MR) is 76.6 cm³/mol. The van der Waals surface area contributed by atoms with Crippen LogP contribution in [0.2, 0.25) is 18.1 Å². The molecule has 0 aliphatic heterocycles. The minimum absolute atomic E-state index is 0.00716. The number of halogens is 2. The normalized spacial score (nSPS) is 12.1. The van der Waals surface area contributed by atoms with Crippen molar-refractivity contribution in [2.75, 3.05) is 0 Å². The second-order valence-electron chi connectivity index (χ2n) is 5.74. The summed E-state index contributed by atoms with van der Waals surface area (Å²) in [5, 5.41) is 8.76. The Kier molecular flexibility index (Phi) is 4.24. The number of benzene rings is 1. The molecule has 0 N–H and O–H groups in total. The molecule has 1 rings (SSSR count). The first kappa shape index (κ1) is 15.2. The molecule has 1 aromatic carbocycles. The van der Waals surface area contributed by atoms with Crippen molar-refractivity contribution in [2.24, 2.45) is 0 Å². The lowest BCUT2D eigenvalue weighted by Gasteiger charge is -2.36. The van der Waals surface area contributed by atoms with Gasteiger partial charge < -0.3 is 4.43 Å².